The molecular weight excluding hydrogens is 319 g/mol. The molecular formula is C16H13I. The summed E-state index contributed by atoms with van der Waals surface area (Å²) in [5.74, 6) is 0. The number of rotatable bonds is 0. The van der Waals surface area contributed by atoms with Crippen LogP contribution >= 0.6 is 22.6 Å². The van der Waals surface area contributed by atoms with Gasteiger partial charge in [0.05, 0.1) is 0 Å². The van der Waals surface area contributed by atoms with Crippen molar-refractivity contribution in [3.05, 3.63) is 57.2 Å². The maximum Gasteiger partial charge on any atom is 0.0217 e. The quantitative estimate of drug-likeness (QED) is 0.391. The smallest absolute Gasteiger partial charge is 0.0217 e. The van der Waals surface area contributed by atoms with Gasteiger partial charge in [-0.1, -0.05) is 42.0 Å². The molecule has 0 aliphatic carbocycles. The lowest BCUT2D eigenvalue weighted by Gasteiger charge is -2.10. The Morgan fingerprint density at radius 1 is 0.882 bits per heavy atom. The van der Waals surface area contributed by atoms with E-state index in [9.17, 15) is 0 Å². The van der Waals surface area contributed by atoms with E-state index in [-0.39, 0.29) is 0 Å². The van der Waals surface area contributed by atoms with E-state index in [0.717, 1.165) is 0 Å². The van der Waals surface area contributed by atoms with E-state index in [2.05, 4.69) is 78.9 Å². The predicted octanol–water partition coefficient (Wildman–Crippen LogP) is 5.21. The van der Waals surface area contributed by atoms with Gasteiger partial charge in [-0.25, -0.2) is 0 Å². The van der Waals surface area contributed by atoms with E-state index in [1.807, 2.05) is 0 Å². The topological polar surface area (TPSA) is 0 Å². The zero-order valence-electron chi connectivity index (χ0n) is 9.92. The Bertz CT molecular complexity index is 726. The Morgan fingerprint density at radius 2 is 1.65 bits per heavy atom. The summed E-state index contributed by atoms with van der Waals surface area (Å²) in [6, 6.07) is 15.5. The minimum Gasteiger partial charge on any atom is -0.0616 e. The Labute approximate surface area is 115 Å². The van der Waals surface area contributed by atoms with Crippen molar-refractivity contribution in [2.45, 2.75) is 13.8 Å². The normalized spacial score (nSPS) is 11.2. The molecule has 0 N–H and O–H groups in total. The van der Waals surface area contributed by atoms with Gasteiger partial charge in [-0.2, -0.15) is 0 Å². The van der Waals surface area contributed by atoms with Crippen molar-refractivity contribution in [3.63, 3.8) is 0 Å². The molecule has 0 aliphatic rings. The molecule has 0 saturated heterocycles. The lowest BCUT2D eigenvalue weighted by Crippen LogP contribution is -1.87. The van der Waals surface area contributed by atoms with Crippen LogP contribution in [-0.2, 0) is 0 Å². The molecule has 3 aromatic carbocycles. The summed E-state index contributed by atoms with van der Waals surface area (Å²) in [5, 5.41) is 5.46. The van der Waals surface area contributed by atoms with Gasteiger partial charge in [0, 0.05) is 3.57 Å². The van der Waals surface area contributed by atoms with Gasteiger partial charge in [-0.15, -0.1) is 0 Å². The highest BCUT2D eigenvalue weighted by atomic mass is 127. The van der Waals surface area contributed by atoms with Crippen LogP contribution < -0.4 is 0 Å². The largest absolute Gasteiger partial charge is 0.0616 e. The average molecular weight is 332 g/mol. The van der Waals surface area contributed by atoms with E-state index in [4.69, 9.17) is 0 Å². The summed E-state index contributed by atoms with van der Waals surface area (Å²) in [6.07, 6.45) is 0. The van der Waals surface area contributed by atoms with E-state index >= 15 is 0 Å². The van der Waals surface area contributed by atoms with Crippen LogP contribution in [0.5, 0.6) is 0 Å². The molecule has 84 valence electrons. The zero-order chi connectivity index (χ0) is 12.0. The van der Waals surface area contributed by atoms with E-state index in [1.54, 1.807) is 0 Å². The van der Waals surface area contributed by atoms with Crippen molar-refractivity contribution in [2.75, 3.05) is 0 Å². The number of hydrogen-bond acceptors (Lipinski definition) is 0. The minimum absolute atomic E-state index is 1.33. The summed E-state index contributed by atoms with van der Waals surface area (Å²) in [6.45, 7) is 4.37. The van der Waals surface area contributed by atoms with Crippen molar-refractivity contribution in [1.82, 2.24) is 0 Å². The monoisotopic (exact) mass is 332 g/mol. The number of fused-ring (bicyclic) bond motifs is 3. The van der Waals surface area contributed by atoms with E-state index in [0.29, 0.717) is 0 Å². The van der Waals surface area contributed by atoms with Gasteiger partial charge < -0.3 is 0 Å². The molecule has 0 heterocycles. The van der Waals surface area contributed by atoms with Gasteiger partial charge in [0.1, 0.15) is 0 Å². The van der Waals surface area contributed by atoms with Crippen LogP contribution in [0.4, 0.5) is 0 Å². The summed E-state index contributed by atoms with van der Waals surface area (Å²) >= 11 is 2.44. The molecule has 0 spiro atoms. The minimum atomic E-state index is 1.33. The van der Waals surface area contributed by atoms with Crippen molar-refractivity contribution < 1.29 is 0 Å². The fourth-order valence-electron chi connectivity index (χ4n) is 2.57. The molecule has 0 atom stereocenters. The fourth-order valence-corrected chi connectivity index (χ4v) is 3.63. The van der Waals surface area contributed by atoms with Crippen LogP contribution in [0.15, 0.2) is 42.5 Å². The van der Waals surface area contributed by atoms with Crippen LogP contribution in [0, 0.1) is 17.4 Å². The van der Waals surface area contributed by atoms with E-state index in [1.165, 1.54) is 36.2 Å². The van der Waals surface area contributed by atoms with Crippen LogP contribution in [0.3, 0.4) is 0 Å². The molecule has 0 radical (unpaired) electrons. The lowest BCUT2D eigenvalue weighted by atomic mass is 9.97. The van der Waals surface area contributed by atoms with Crippen molar-refractivity contribution in [2.24, 2.45) is 0 Å². The molecule has 1 heteroatoms. The second-order valence-corrected chi connectivity index (χ2v) is 5.75. The Kier molecular flexibility index (Phi) is 2.58. The molecule has 17 heavy (non-hydrogen) atoms. The van der Waals surface area contributed by atoms with Gasteiger partial charge in [0.25, 0.3) is 0 Å². The highest BCUT2D eigenvalue weighted by molar-refractivity contribution is 14.1. The number of aryl methyl sites for hydroxylation is 2. The third-order valence-corrected chi connectivity index (χ3v) is 4.10. The highest BCUT2D eigenvalue weighted by Gasteiger charge is 2.07. The third kappa shape index (κ3) is 1.73. The van der Waals surface area contributed by atoms with Crippen LogP contribution in [0.1, 0.15) is 11.1 Å². The molecule has 0 nitrogen and oxygen atoms in total. The van der Waals surface area contributed by atoms with Gasteiger partial charge in [-0.05, 0) is 69.6 Å². The summed E-state index contributed by atoms with van der Waals surface area (Å²) in [7, 11) is 0. The standard InChI is InChI=1S/C16H13I/c1-10-7-11(2)16-14(8-10)13-6-4-3-5-12(13)9-15(16)17/h3-9H,1-2H3. The number of benzene rings is 3. The second-order valence-electron chi connectivity index (χ2n) is 4.58. The SMILES string of the molecule is Cc1cc(C)c2c(I)cc3ccccc3c2c1. The average Bonchev–Trinajstić information content (AvgIpc) is 2.28. The summed E-state index contributed by atoms with van der Waals surface area (Å²) in [4.78, 5) is 0. The second kappa shape index (κ2) is 3.98. The first-order valence-electron chi connectivity index (χ1n) is 5.75. The first kappa shape index (κ1) is 11.0. The summed E-state index contributed by atoms with van der Waals surface area (Å²) in [5.41, 5.74) is 2.71. The first-order valence-corrected chi connectivity index (χ1v) is 6.83. The van der Waals surface area contributed by atoms with Gasteiger partial charge >= 0.3 is 0 Å². The van der Waals surface area contributed by atoms with E-state index < -0.39 is 0 Å². The van der Waals surface area contributed by atoms with Crippen LogP contribution in [0.2, 0.25) is 0 Å². The highest BCUT2D eigenvalue weighted by Crippen LogP contribution is 2.32. The summed E-state index contributed by atoms with van der Waals surface area (Å²) < 4.78 is 1.34. The first-order chi connectivity index (χ1) is 8.16. The molecule has 0 saturated carbocycles. The van der Waals surface area contributed by atoms with Gasteiger partial charge in [0.15, 0.2) is 0 Å². The molecule has 3 aromatic rings. The molecule has 0 unspecified atom stereocenters. The number of hydrogen-bond donors (Lipinski definition) is 0. The van der Waals surface area contributed by atoms with Crippen molar-refractivity contribution >= 4 is 44.1 Å². The van der Waals surface area contributed by atoms with Gasteiger partial charge in [-0.3, -0.25) is 0 Å². The molecule has 3 rings (SSSR count). The molecule has 0 aliphatic heterocycles. The Morgan fingerprint density at radius 3 is 2.47 bits per heavy atom. The molecule has 0 fully saturated rings. The third-order valence-electron chi connectivity index (χ3n) is 3.25. The Hall–Kier alpha value is -1.09. The van der Waals surface area contributed by atoms with Crippen LogP contribution in [-0.4, -0.2) is 0 Å². The van der Waals surface area contributed by atoms with Gasteiger partial charge in [0.2, 0.25) is 0 Å². The molecule has 0 bridgehead atoms. The molecule has 0 amide bonds. The Balaban J connectivity index is 2.64. The maximum absolute atomic E-state index is 2.44. The number of halogens is 1. The maximum atomic E-state index is 2.44. The van der Waals surface area contributed by atoms with Crippen LogP contribution in [0.25, 0.3) is 21.5 Å². The van der Waals surface area contributed by atoms with Crippen molar-refractivity contribution in [1.29, 1.82) is 0 Å². The zero-order valence-corrected chi connectivity index (χ0v) is 12.1. The fraction of sp³-hybridized carbons (Fsp3) is 0.125. The lowest BCUT2D eigenvalue weighted by molar-refractivity contribution is 1.43. The van der Waals surface area contributed by atoms with Crippen molar-refractivity contribution in [3.8, 4) is 0 Å². The predicted molar refractivity (Wildman–Crippen MR) is 83.6 cm³/mol. The molecule has 0 aromatic heterocycles.